The summed E-state index contributed by atoms with van der Waals surface area (Å²) in [5.74, 6) is -0.239. The Bertz CT molecular complexity index is 630. The summed E-state index contributed by atoms with van der Waals surface area (Å²) < 4.78 is 38.7. The fourth-order valence-corrected chi connectivity index (χ4v) is 3.80. The van der Waals surface area contributed by atoms with E-state index in [9.17, 15) is 18.0 Å². The second-order valence-electron chi connectivity index (χ2n) is 6.87. The fourth-order valence-electron chi connectivity index (χ4n) is 3.80. The molecule has 0 aromatic heterocycles. The normalized spacial score (nSPS) is 22.5. The van der Waals surface area contributed by atoms with Crippen LogP contribution in [0.3, 0.4) is 0 Å². The highest BCUT2D eigenvalue weighted by molar-refractivity contribution is 5.77. The molecule has 1 aromatic carbocycles. The molecule has 0 saturated carbocycles. The average molecular weight is 371 g/mol. The van der Waals surface area contributed by atoms with E-state index in [1.54, 1.807) is 11.0 Å². The lowest BCUT2D eigenvalue weighted by atomic mass is 10.0. The molecule has 1 atom stereocenters. The molecule has 5 nitrogen and oxygen atoms in total. The van der Waals surface area contributed by atoms with Crippen molar-refractivity contribution in [2.24, 2.45) is 0 Å². The number of aliphatic hydroxyl groups is 1. The van der Waals surface area contributed by atoms with E-state index in [1.165, 1.54) is 12.1 Å². The minimum Gasteiger partial charge on any atom is -0.387 e. The minimum absolute atomic E-state index is 0.239. The first-order chi connectivity index (χ1) is 12.4. The quantitative estimate of drug-likeness (QED) is 0.881. The van der Waals surface area contributed by atoms with Crippen molar-refractivity contribution in [3.63, 3.8) is 0 Å². The van der Waals surface area contributed by atoms with Crippen LogP contribution in [0.15, 0.2) is 24.3 Å². The van der Waals surface area contributed by atoms with Crippen LogP contribution in [-0.4, -0.2) is 72.7 Å². The maximum absolute atomic E-state index is 12.9. The first-order valence-corrected chi connectivity index (χ1v) is 8.93. The number of carbonyl (C=O) groups is 1. The molecule has 0 spiro atoms. The maximum Gasteiger partial charge on any atom is 0.416 e. The number of anilines is 1. The third-order valence-electron chi connectivity index (χ3n) is 5.25. The summed E-state index contributed by atoms with van der Waals surface area (Å²) in [5.41, 5.74) is -0.0249. The molecule has 2 heterocycles. The number of halogens is 3. The summed E-state index contributed by atoms with van der Waals surface area (Å²) in [7, 11) is 0. The highest BCUT2D eigenvalue weighted by atomic mass is 19.4. The van der Waals surface area contributed by atoms with E-state index < -0.39 is 18.3 Å². The van der Waals surface area contributed by atoms with Gasteiger partial charge in [-0.05, 0) is 31.0 Å². The van der Waals surface area contributed by atoms with E-state index in [-0.39, 0.29) is 11.9 Å². The molecule has 144 valence electrons. The SMILES string of the molecule is O=C(CO)N1CCCC(N2CCN(c3cccc(C(F)(F)F)c3)CC2)C1. The standard InChI is InChI=1S/C18H24F3N3O2/c19-18(20,21)14-3-1-4-15(11-14)22-7-9-23(10-8-22)16-5-2-6-24(12-16)17(26)13-25/h1,3-4,11,16,25H,2,5-10,12-13H2. The largest absolute Gasteiger partial charge is 0.416 e. The number of alkyl halides is 3. The van der Waals surface area contributed by atoms with Gasteiger partial charge in [0, 0.05) is 51.0 Å². The summed E-state index contributed by atoms with van der Waals surface area (Å²) in [6, 6.07) is 5.71. The molecule has 1 amide bonds. The summed E-state index contributed by atoms with van der Waals surface area (Å²) in [5, 5.41) is 9.03. The molecule has 2 fully saturated rings. The molecule has 1 N–H and O–H groups in total. The van der Waals surface area contributed by atoms with Gasteiger partial charge in [-0.15, -0.1) is 0 Å². The fraction of sp³-hybridized carbons (Fsp3) is 0.611. The zero-order valence-electron chi connectivity index (χ0n) is 14.6. The lowest BCUT2D eigenvalue weighted by Crippen LogP contribution is -2.56. The van der Waals surface area contributed by atoms with Crippen LogP contribution < -0.4 is 4.90 Å². The van der Waals surface area contributed by atoms with Crippen LogP contribution in [0.1, 0.15) is 18.4 Å². The number of nitrogens with zero attached hydrogens (tertiary/aromatic N) is 3. The average Bonchev–Trinajstić information content (AvgIpc) is 2.67. The highest BCUT2D eigenvalue weighted by Gasteiger charge is 2.32. The van der Waals surface area contributed by atoms with E-state index in [0.717, 1.165) is 32.0 Å². The van der Waals surface area contributed by atoms with E-state index in [0.29, 0.717) is 31.9 Å². The third-order valence-corrected chi connectivity index (χ3v) is 5.25. The van der Waals surface area contributed by atoms with Gasteiger partial charge in [-0.3, -0.25) is 9.69 Å². The summed E-state index contributed by atoms with van der Waals surface area (Å²) >= 11 is 0. The monoisotopic (exact) mass is 371 g/mol. The van der Waals surface area contributed by atoms with Crippen LogP contribution >= 0.6 is 0 Å². The number of aliphatic hydroxyl groups excluding tert-OH is 1. The molecule has 0 radical (unpaired) electrons. The van der Waals surface area contributed by atoms with Gasteiger partial charge >= 0.3 is 6.18 Å². The Hall–Kier alpha value is -1.80. The highest BCUT2D eigenvalue weighted by Crippen LogP contribution is 2.32. The van der Waals surface area contributed by atoms with Crippen molar-refractivity contribution in [3.05, 3.63) is 29.8 Å². The van der Waals surface area contributed by atoms with Crippen molar-refractivity contribution < 1.29 is 23.1 Å². The van der Waals surface area contributed by atoms with Crippen molar-refractivity contribution in [2.75, 3.05) is 50.8 Å². The second-order valence-corrected chi connectivity index (χ2v) is 6.87. The number of amides is 1. The van der Waals surface area contributed by atoms with E-state index >= 15 is 0 Å². The first kappa shape index (κ1) is 19.0. The van der Waals surface area contributed by atoms with Crippen LogP contribution in [0.25, 0.3) is 0 Å². The number of piperazine rings is 1. The van der Waals surface area contributed by atoms with Crippen molar-refractivity contribution >= 4 is 11.6 Å². The molecular weight excluding hydrogens is 347 g/mol. The number of hydrogen-bond donors (Lipinski definition) is 1. The van der Waals surface area contributed by atoms with Gasteiger partial charge in [-0.2, -0.15) is 13.2 Å². The predicted octanol–water partition coefficient (Wildman–Crippen LogP) is 1.81. The third kappa shape index (κ3) is 4.29. The van der Waals surface area contributed by atoms with Gasteiger partial charge < -0.3 is 14.9 Å². The van der Waals surface area contributed by atoms with Crippen LogP contribution in [0, 0.1) is 0 Å². The van der Waals surface area contributed by atoms with Crippen LogP contribution in [0.5, 0.6) is 0 Å². The molecule has 2 saturated heterocycles. The van der Waals surface area contributed by atoms with E-state index in [1.807, 2.05) is 4.90 Å². The van der Waals surface area contributed by atoms with Gasteiger partial charge in [-0.25, -0.2) is 0 Å². The Labute approximate surface area is 151 Å². The molecule has 26 heavy (non-hydrogen) atoms. The topological polar surface area (TPSA) is 47.0 Å². The molecule has 0 bridgehead atoms. The zero-order valence-corrected chi connectivity index (χ0v) is 14.6. The number of benzene rings is 1. The molecule has 1 unspecified atom stereocenters. The predicted molar refractivity (Wildman–Crippen MR) is 91.9 cm³/mol. The van der Waals surface area contributed by atoms with Crippen molar-refractivity contribution in [2.45, 2.75) is 25.1 Å². The molecule has 3 rings (SSSR count). The molecule has 2 aliphatic heterocycles. The van der Waals surface area contributed by atoms with Crippen LogP contribution in [0.4, 0.5) is 18.9 Å². The van der Waals surface area contributed by atoms with Gasteiger partial charge in [0.05, 0.1) is 5.56 Å². The molecular formula is C18H24F3N3O2. The Kier molecular flexibility index (Phi) is 5.72. The smallest absolute Gasteiger partial charge is 0.387 e. The lowest BCUT2D eigenvalue weighted by Gasteiger charge is -2.44. The first-order valence-electron chi connectivity index (χ1n) is 8.93. The van der Waals surface area contributed by atoms with Crippen molar-refractivity contribution in [3.8, 4) is 0 Å². The van der Waals surface area contributed by atoms with E-state index in [2.05, 4.69) is 4.90 Å². The number of carbonyl (C=O) groups excluding carboxylic acids is 1. The number of rotatable bonds is 3. The van der Waals surface area contributed by atoms with E-state index in [4.69, 9.17) is 5.11 Å². The molecule has 2 aliphatic rings. The van der Waals surface area contributed by atoms with Crippen molar-refractivity contribution in [1.29, 1.82) is 0 Å². The summed E-state index contributed by atoms with van der Waals surface area (Å²) in [6.07, 6.45) is -2.42. The van der Waals surface area contributed by atoms with Crippen LogP contribution in [0.2, 0.25) is 0 Å². The number of hydrogen-bond acceptors (Lipinski definition) is 4. The summed E-state index contributed by atoms with van der Waals surface area (Å²) in [4.78, 5) is 17.7. The molecule has 8 heteroatoms. The number of likely N-dealkylation sites (tertiary alicyclic amines) is 1. The zero-order chi connectivity index (χ0) is 18.7. The van der Waals surface area contributed by atoms with Crippen LogP contribution in [-0.2, 0) is 11.0 Å². The second kappa shape index (κ2) is 7.84. The molecule has 0 aliphatic carbocycles. The van der Waals surface area contributed by atoms with Gasteiger partial charge in [0.2, 0.25) is 5.91 Å². The van der Waals surface area contributed by atoms with Gasteiger partial charge in [0.1, 0.15) is 6.61 Å². The summed E-state index contributed by atoms with van der Waals surface area (Å²) in [6.45, 7) is 3.65. The Morgan fingerprint density at radius 1 is 1.15 bits per heavy atom. The Morgan fingerprint density at radius 3 is 2.54 bits per heavy atom. The minimum atomic E-state index is -4.33. The lowest BCUT2D eigenvalue weighted by molar-refractivity contribution is -0.138. The maximum atomic E-state index is 12.9. The van der Waals surface area contributed by atoms with Crippen molar-refractivity contribution in [1.82, 2.24) is 9.80 Å². The molecule has 1 aromatic rings. The van der Waals surface area contributed by atoms with Gasteiger partial charge in [0.25, 0.3) is 0 Å². The Morgan fingerprint density at radius 2 is 1.88 bits per heavy atom. The van der Waals surface area contributed by atoms with Gasteiger partial charge in [0.15, 0.2) is 0 Å². The number of piperidine rings is 1. The Balaban J connectivity index is 1.58. The van der Waals surface area contributed by atoms with Gasteiger partial charge in [-0.1, -0.05) is 6.07 Å².